The normalized spacial score (nSPS) is 10.9. The van der Waals surface area contributed by atoms with E-state index in [-0.39, 0.29) is 6.61 Å². The van der Waals surface area contributed by atoms with Crippen molar-refractivity contribution in [2.24, 2.45) is 0 Å². The average Bonchev–Trinajstić information content (AvgIpc) is 2.98. The average molecular weight is 307 g/mol. The van der Waals surface area contributed by atoms with Crippen LogP contribution in [-0.2, 0) is 19.4 Å². The maximum absolute atomic E-state index is 9.54. The summed E-state index contributed by atoms with van der Waals surface area (Å²) in [6.07, 6.45) is 1.69. The third-order valence-electron chi connectivity index (χ3n) is 4.04. The molecule has 0 atom stereocenters. The van der Waals surface area contributed by atoms with E-state index < -0.39 is 0 Å². The SMILES string of the molecule is Cc1ccc(CCc2c(CO)nnn2-c2ccc(C)cc2)cc1. The lowest BCUT2D eigenvalue weighted by molar-refractivity contribution is 0.275. The lowest BCUT2D eigenvalue weighted by Crippen LogP contribution is -2.06. The van der Waals surface area contributed by atoms with Crippen molar-refractivity contribution in [2.75, 3.05) is 0 Å². The zero-order chi connectivity index (χ0) is 16.2. The Morgan fingerprint density at radius 3 is 2.09 bits per heavy atom. The fraction of sp³-hybridized carbons (Fsp3) is 0.263. The second kappa shape index (κ2) is 6.75. The zero-order valence-corrected chi connectivity index (χ0v) is 13.5. The second-order valence-electron chi connectivity index (χ2n) is 5.87. The Balaban J connectivity index is 1.86. The molecule has 0 saturated carbocycles. The van der Waals surface area contributed by atoms with Crippen LogP contribution in [0.3, 0.4) is 0 Å². The summed E-state index contributed by atoms with van der Waals surface area (Å²) >= 11 is 0. The summed E-state index contributed by atoms with van der Waals surface area (Å²) in [6, 6.07) is 16.7. The van der Waals surface area contributed by atoms with Gasteiger partial charge in [0.1, 0.15) is 5.69 Å². The van der Waals surface area contributed by atoms with Crippen molar-refractivity contribution in [3.05, 3.63) is 76.6 Å². The van der Waals surface area contributed by atoms with Crippen LogP contribution in [0.4, 0.5) is 0 Å². The number of aromatic nitrogens is 3. The molecule has 0 unspecified atom stereocenters. The van der Waals surface area contributed by atoms with Gasteiger partial charge in [0.15, 0.2) is 0 Å². The number of aliphatic hydroxyl groups is 1. The molecule has 4 heteroatoms. The molecule has 1 aromatic heterocycles. The third-order valence-corrected chi connectivity index (χ3v) is 4.04. The second-order valence-corrected chi connectivity index (χ2v) is 5.87. The first-order valence-corrected chi connectivity index (χ1v) is 7.84. The molecular weight excluding hydrogens is 286 g/mol. The first kappa shape index (κ1) is 15.4. The van der Waals surface area contributed by atoms with Gasteiger partial charge in [-0.15, -0.1) is 5.10 Å². The van der Waals surface area contributed by atoms with Crippen LogP contribution in [0, 0.1) is 13.8 Å². The molecule has 0 bridgehead atoms. The van der Waals surface area contributed by atoms with Crippen LogP contribution in [0.25, 0.3) is 5.69 Å². The summed E-state index contributed by atoms with van der Waals surface area (Å²) in [5, 5.41) is 17.9. The third kappa shape index (κ3) is 3.48. The van der Waals surface area contributed by atoms with Gasteiger partial charge in [0.25, 0.3) is 0 Å². The van der Waals surface area contributed by atoms with E-state index in [1.165, 1.54) is 16.7 Å². The van der Waals surface area contributed by atoms with Crippen molar-refractivity contribution < 1.29 is 5.11 Å². The molecule has 3 rings (SSSR count). The topological polar surface area (TPSA) is 50.9 Å². The molecule has 3 aromatic rings. The summed E-state index contributed by atoms with van der Waals surface area (Å²) in [7, 11) is 0. The maximum Gasteiger partial charge on any atom is 0.112 e. The van der Waals surface area contributed by atoms with Crippen molar-refractivity contribution in [1.29, 1.82) is 0 Å². The van der Waals surface area contributed by atoms with Crippen molar-refractivity contribution in [2.45, 2.75) is 33.3 Å². The highest BCUT2D eigenvalue weighted by Crippen LogP contribution is 2.17. The van der Waals surface area contributed by atoms with Gasteiger partial charge in [-0.1, -0.05) is 52.7 Å². The molecule has 0 amide bonds. The van der Waals surface area contributed by atoms with E-state index >= 15 is 0 Å². The Morgan fingerprint density at radius 2 is 1.48 bits per heavy atom. The predicted octanol–water partition coefficient (Wildman–Crippen LogP) is 3.16. The van der Waals surface area contributed by atoms with Crippen molar-refractivity contribution in [3.63, 3.8) is 0 Å². The molecular formula is C19H21N3O. The summed E-state index contributed by atoms with van der Waals surface area (Å²) in [4.78, 5) is 0. The minimum absolute atomic E-state index is 0.0882. The van der Waals surface area contributed by atoms with Gasteiger partial charge in [0.05, 0.1) is 18.0 Å². The van der Waals surface area contributed by atoms with Crippen molar-refractivity contribution in [1.82, 2.24) is 15.0 Å². The molecule has 23 heavy (non-hydrogen) atoms. The Bertz CT molecular complexity index is 773. The molecule has 2 aromatic carbocycles. The summed E-state index contributed by atoms with van der Waals surface area (Å²) in [5.74, 6) is 0. The highest BCUT2D eigenvalue weighted by molar-refractivity contribution is 5.36. The first-order valence-electron chi connectivity index (χ1n) is 7.84. The van der Waals surface area contributed by atoms with Crippen LogP contribution in [0.15, 0.2) is 48.5 Å². The molecule has 0 saturated heterocycles. The minimum Gasteiger partial charge on any atom is -0.390 e. The van der Waals surface area contributed by atoms with Gasteiger partial charge in [-0.3, -0.25) is 0 Å². The fourth-order valence-corrected chi connectivity index (χ4v) is 2.62. The van der Waals surface area contributed by atoms with E-state index in [1.807, 2.05) is 16.8 Å². The number of rotatable bonds is 5. The van der Waals surface area contributed by atoms with E-state index in [0.29, 0.717) is 5.69 Å². The maximum atomic E-state index is 9.54. The molecule has 4 nitrogen and oxygen atoms in total. The molecule has 0 fully saturated rings. The number of aliphatic hydroxyl groups excluding tert-OH is 1. The van der Waals surface area contributed by atoms with Gasteiger partial charge < -0.3 is 5.11 Å². The van der Waals surface area contributed by atoms with Gasteiger partial charge >= 0.3 is 0 Å². The molecule has 0 aliphatic carbocycles. The quantitative estimate of drug-likeness (QED) is 0.787. The summed E-state index contributed by atoms with van der Waals surface area (Å²) < 4.78 is 1.83. The minimum atomic E-state index is -0.0882. The Hall–Kier alpha value is -2.46. The van der Waals surface area contributed by atoms with Gasteiger partial charge in [-0.2, -0.15) is 0 Å². The molecule has 0 aliphatic heterocycles. The van der Waals surface area contributed by atoms with E-state index in [9.17, 15) is 5.11 Å². The Morgan fingerprint density at radius 1 is 0.870 bits per heavy atom. The van der Waals surface area contributed by atoms with E-state index in [4.69, 9.17) is 0 Å². The molecule has 1 N–H and O–H groups in total. The van der Waals surface area contributed by atoms with E-state index in [2.05, 4.69) is 60.6 Å². The van der Waals surface area contributed by atoms with Crippen LogP contribution >= 0.6 is 0 Å². The van der Waals surface area contributed by atoms with E-state index in [1.54, 1.807) is 0 Å². The molecule has 118 valence electrons. The van der Waals surface area contributed by atoms with Crippen LogP contribution in [0.1, 0.15) is 28.1 Å². The smallest absolute Gasteiger partial charge is 0.112 e. The molecule has 0 spiro atoms. The Kier molecular flexibility index (Phi) is 4.53. The van der Waals surface area contributed by atoms with Crippen molar-refractivity contribution >= 4 is 0 Å². The summed E-state index contributed by atoms with van der Waals surface area (Å²) in [6.45, 7) is 4.06. The van der Waals surface area contributed by atoms with Gasteiger partial charge in [0, 0.05) is 0 Å². The lowest BCUT2D eigenvalue weighted by Gasteiger charge is -2.08. The predicted molar refractivity (Wildman–Crippen MR) is 90.6 cm³/mol. The van der Waals surface area contributed by atoms with Crippen LogP contribution < -0.4 is 0 Å². The Labute approximate surface area is 136 Å². The number of hydrogen-bond donors (Lipinski definition) is 1. The highest BCUT2D eigenvalue weighted by atomic mass is 16.3. The van der Waals surface area contributed by atoms with Gasteiger partial charge in [-0.25, -0.2) is 4.68 Å². The molecule has 0 aliphatic rings. The number of benzene rings is 2. The van der Waals surface area contributed by atoms with Crippen LogP contribution in [0.2, 0.25) is 0 Å². The number of hydrogen-bond acceptors (Lipinski definition) is 3. The van der Waals surface area contributed by atoms with Gasteiger partial charge in [-0.05, 0) is 44.4 Å². The summed E-state index contributed by atoms with van der Waals surface area (Å²) in [5.41, 5.74) is 6.33. The van der Waals surface area contributed by atoms with Crippen LogP contribution in [-0.4, -0.2) is 20.1 Å². The number of nitrogens with zero attached hydrogens (tertiary/aromatic N) is 3. The molecule has 1 heterocycles. The zero-order valence-electron chi connectivity index (χ0n) is 13.5. The van der Waals surface area contributed by atoms with Crippen molar-refractivity contribution in [3.8, 4) is 5.69 Å². The fourth-order valence-electron chi connectivity index (χ4n) is 2.62. The van der Waals surface area contributed by atoms with E-state index in [0.717, 1.165) is 24.2 Å². The highest BCUT2D eigenvalue weighted by Gasteiger charge is 2.13. The first-order chi connectivity index (χ1) is 11.2. The monoisotopic (exact) mass is 307 g/mol. The van der Waals surface area contributed by atoms with Crippen LogP contribution in [0.5, 0.6) is 0 Å². The largest absolute Gasteiger partial charge is 0.390 e. The molecule has 0 radical (unpaired) electrons. The van der Waals surface area contributed by atoms with Gasteiger partial charge in [0.2, 0.25) is 0 Å². The number of aryl methyl sites for hydroxylation is 3. The standard InChI is InChI=1S/C19H21N3O/c1-14-3-7-16(8-4-14)9-12-19-18(13-23)20-21-22(19)17-10-5-15(2)6-11-17/h3-8,10-11,23H,9,12-13H2,1-2H3. The lowest BCUT2D eigenvalue weighted by atomic mass is 10.1.